The quantitative estimate of drug-likeness (QED) is 0.200. The molecule has 2 nitrogen and oxygen atoms in total. The van der Waals surface area contributed by atoms with E-state index in [2.05, 4.69) is 135 Å². The van der Waals surface area contributed by atoms with Crippen LogP contribution in [0.3, 0.4) is 0 Å². The van der Waals surface area contributed by atoms with Gasteiger partial charge < -0.3 is 9.80 Å². The number of hydrogen-bond donors (Lipinski definition) is 0. The van der Waals surface area contributed by atoms with Crippen LogP contribution in [0.1, 0.15) is 65.8 Å². The highest BCUT2D eigenvalue weighted by molar-refractivity contribution is 7.00. The normalized spacial score (nSPS) is 15.7. The lowest BCUT2D eigenvalue weighted by Gasteiger charge is -2.45. The van der Waals surface area contributed by atoms with Gasteiger partial charge in [0, 0.05) is 34.1 Å². The maximum atomic E-state index is 2.59. The Morgan fingerprint density at radius 1 is 0.512 bits per heavy atom. The summed E-state index contributed by atoms with van der Waals surface area (Å²) in [5.41, 5.74) is 18.7. The molecule has 3 aliphatic rings. The van der Waals surface area contributed by atoms with Gasteiger partial charge in [0.15, 0.2) is 0 Å². The Morgan fingerprint density at radius 2 is 1.07 bits per heavy atom. The number of nitrogens with zero attached hydrogens (tertiary/aromatic N) is 2. The Balaban J connectivity index is 1.49. The van der Waals surface area contributed by atoms with Gasteiger partial charge in [-0.25, -0.2) is 0 Å². The van der Waals surface area contributed by atoms with Crippen LogP contribution < -0.4 is 26.2 Å². The van der Waals surface area contributed by atoms with Crippen molar-refractivity contribution >= 4 is 57.2 Å². The molecule has 0 N–H and O–H groups in total. The molecule has 0 spiro atoms. The molecule has 2 heterocycles. The highest BCUT2D eigenvalue weighted by Crippen LogP contribution is 2.47. The molecular formula is C40H39BN2. The SMILES string of the molecule is Cc1cc(C)cc(N2c3cc(C)ccc3B3c4ccc(C)cc4N(c4ccccc4)c4cc(C5CCCCC5)cc2c43)c1. The Kier molecular flexibility index (Phi) is 6.26. The van der Waals surface area contributed by atoms with E-state index < -0.39 is 0 Å². The zero-order valence-electron chi connectivity index (χ0n) is 25.8. The van der Waals surface area contributed by atoms with E-state index in [0.29, 0.717) is 5.92 Å². The Hall–Kier alpha value is -4.24. The predicted molar refractivity (Wildman–Crippen MR) is 185 cm³/mol. The van der Waals surface area contributed by atoms with Crippen molar-refractivity contribution in [2.24, 2.45) is 0 Å². The maximum Gasteiger partial charge on any atom is 0.252 e. The molecule has 1 fully saturated rings. The fourth-order valence-corrected chi connectivity index (χ4v) is 8.12. The molecule has 0 saturated heterocycles. The molecule has 5 aromatic rings. The summed E-state index contributed by atoms with van der Waals surface area (Å²) in [5, 5.41) is 0. The van der Waals surface area contributed by atoms with Gasteiger partial charge in [-0.05, 0) is 139 Å². The first-order chi connectivity index (χ1) is 21.0. The van der Waals surface area contributed by atoms with Crippen LogP contribution in [0.15, 0.2) is 97.1 Å². The number of hydrogen-bond acceptors (Lipinski definition) is 2. The maximum absolute atomic E-state index is 2.59. The van der Waals surface area contributed by atoms with Gasteiger partial charge in [0.1, 0.15) is 0 Å². The lowest BCUT2D eigenvalue weighted by atomic mass is 9.33. The van der Waals surface area contributed by atoms with Gasteiger partial charge in [-0.15, -0.1) is 0 Å². The van der Waals surface area contributed by atoms with E-state index in [-0.39, 0.29) is 6.71 Å². The second-order valence-corrected chi connectivity index (χ2v) is 13.2. The van der Waals surface area contributed by atoms with Gasteiger partial charge in [0.25, 0.3) is 6.71 Å². The molecule has 0 unspecified atom stereocenters. The summed E-state index contributed by atoms with van der Waals surface area (Å²) in [5.74, 6) is 0.602. The van der Waals surface area contributed by atoms with Crippen LogP contribution in [0, 0.1) is 27.7 Å². The molecule has 212 valence electrons. The molecule has 0 aromatic heterocycles. The third-order valence-electron chi connectivity index (χ3n) is 9.96. The first-order valence-corrected chi connectivity index (χ1v) is 16.1. The minimum absolute atomic E-state index is 0.179. The first kappa shape index (κ1) is 26.4. The number of anilines is 6. The van der Waals surface area contributed by atoms with E-state index in [4.69, 9.17) is 0 Å². The van der Waals surface area contributed by atoms with Crippen LogP contribution in [-0.4, -0.2) is 6.71 Å². The average molecular weight is 559 g/mol. The molecule has 5 aromatic carbocycles. The van der Waals surface area contributed by atoms with Crippen LogP contribution in [0.4, 0.5) is 34.1 Å². The minimum Gasteiger partial charge on any atom is -0.311 e. The second kappa shape index (κ2) is 10.2. The minimum atomic E-state index is 0.179. The zero-order valence-corrected chi connectivity index (χ0v) is 25.8. The lowest BCUT2D eigenvalue weighted by Crippen LogP contribution is -2.61. The van der Waals surface area contributed by atoms with Crippen molar-refractivity contribution in [2.45, 2.75) is 65.7 Å². The van der Waals surface area contributed by atoms with Crippen molar-refractivity contribution in [2.75, 3.05) is 9.80 Å². The first-order valence-electron chi connectivity index (χ1n) is 16.1. The Morgan fingerprint density at radius 3 is 1.65 bits per heavy atom. The number of aryl methyl sites for hydroxylation is 4. The van der Waals surface area contributed by atoms with E-state index in [0.717, 1.165) is 0 Å². The van der Waals surface area contributed by atoms with Crippen LogP contribution in [0.2, 0.25) is 0 Å². The zero-order chi connectivity index (χ0) is 29.2. The molecule has 1 aliphatic carbocycles. The standard InChI is InChI=1S/C40H39BN2/c1-26-15-17-34-36(22-26)42(32-13-9-6-10-14-32)38-24-31(30-11-7-5-8-12-30)25-39-40(38)41(34)35-18-16-27(2)23-37(35)43(39)33-20-28(3)19-29(4)21-33/h6,9-10,13-25,30H,5,7-8,11-12H2,1-4H3. The highest BCUT2D eigenvalue weighted by Gasteiger charge is 2.43. The summed E-state index contributed by atoms with van der Waals surface area (Å²) in [6.45, 7) is 9.09. The molecule has 0 bridgehead atoms. The Labute approximate surface area is 257 Å². The third kappa shape index (κ3) is 4.32. The van der Waals surface area contributed by atoms with Gasteiger partial charge in [-0.1, -0.05) is 67.8 Å². The molecule has 1 saturated carbocycles. The summed E-state index contributed by atoms with van der Waals surface area (Å²) in [6.07, 6.45) is 6.57. The fraction of sp³-hybridized carbons (Fsp3) is 0.250. The molecule has 0 amide bonds. The van der Waals surface area contributed by atoms with Crippen molar-refractivity contribution in [1.29, 1.82) is 0 Å². The van der Waals surface area contributed by atoms with E-state index in [1.165, 1.54) is 110 Å². The number of para-hydroxylation sites is 1. The van der Waals surface area contributed by atoms with E-state index in [9.17, 15) is 0 Å². The summed E-state index contributed by atoms with van der Waals surface area (Å²) in [6, 6.07) is 37.4. The van der Waals surface area contributed by atoms with Crippen molar-refractivity contribution in [3.05, 3.63) is 125 Å². The Bertz CT molecular complexity index is 1850. The molecule has 3 heteroatoms. The number of fused-ring (bicyclic) bond motifs is 4. The molecule has 43 heavy (non-hydrogen) atoms. The van der Waals surface area contributed by atoms with Crippen molar-refractivity contribution in [3.8, 4) is 0 Å². The highest BCUT2D eigenvalue weighted by atomic mass is 15.2. The fourth-order valence-electron chi connectivity index (χ4n) is 8.12. The largest absolute Gasteiger partial charge is 0.311 e. The van der Waals surface area contributed by atoms with Gasteiger partial charge in [-0.3, -0.25) is 0 Å². The number of benzene rings is 5. The topological polar surface area (TPSA) is 6.48 Å². The summed E-state index contributed by atoms with van der Waals surface area (Å²) in [7, 11) is 0. The van der Waals surface area contributed by atoms with E-state index in [1.54, 1.807) is 0 Å². The molecule has 8 rings (SSSR count). The molecule has 0 radical (unpaired) electrons. The third-order valence-corrected chi connectivity index (χ3v) is 9.96. The van der Waals surface area contributed by atoms with E-state index in [1.807, 2.05) is 0 Å². The van der Waals surface area contributed by atoms with Crippen LogP contribution in [-0.2, 0) is 0 Å². The van der Waals surface area contributed by atoms with Gasteiger partial charge in [-0.2, -0.15) is 0 Å². The van der Waals surface area contributed by atoms with E-state index >= 15 is 0 Å². The summed E-state index contributed by atoms with van der Waals surface area (Å²) in [4.78, 5) is 5.15. The summed E-state index contributed by atoms with van der Waals surface area (Å²) >= 11 is 0. The monoisotopic (exact) mass is 558 g/mol. The second-order valence-electron chi connectivity index (χ2n) is 13.2. The van der Waals surface area contributed by atoms with Crippen LogP contribution >= 0.6 is 0 Å². The van der Waals surface area contributed by atoms with Crippen LogP contribution in [0.25, 0.3) is 0 Å². The van der Waals surface area contributed by atoms with Gasteiger partial charge in [0.2, 0.25) is 0 Å². The smallest absolute Gasteiger partial charge is 0.252 e. The van der Waals surface area contributed by atoms with Gasteiger partial charge >= 0.3 is 0 Å². The van der Waals surface area contributed by atoms with Crippen molar-refractivity contribution in [3.63, 3.8) is 0 Å². The lowest BCUT2D eigenvalue weighted by molar-refractivity contribution is 0.444. The molecule has 0 atom stereocenters. The van der Waals surface area contributed by atoms with Gasteiger partial charge in [0.05, 0.1) is 0 Å². The molecular weight excluding hydrogens is 519 g/mol. The average Bonchev–Trinajstić information content (AvgIpc) is 3.01. The molecule has 2 aliphatic heterocycles. The van der Waals surface area contributed by atoms with Crippen molar-refractivity contribution in [1.82, 2.24) is 0 Å². The van der Waals surface area contributed by atoms with Crippen LogP contribution in [0.5, 0.6) is 0 Å². The summed E-state index contributed by atoms with van der Waals surface area (Å²) < 4.78 is 0. The van der Waals surface area contributed by atoms with Crippen molar-refractivity contribution < 1.29 is 0 Å². The predicted octanol–water partition coefficient (Wildman–Crippen LogP) is 9.05. The number of rotatable bonds is 3.